The third-order valence-electron chi connectivity index (χ3n) is 9.52. The van der Waals surface area contributed by atoms with E-state index in [0.717, 1.165) is 39.5 Å². The van der Waals surface area contributed by atoms with E-state index < -0.39 is 29.5 Å². The van der Waals surface area contributed by atoms with E-state index in [9.17, 15) is 19.8 Å². The number of carbonyl (C=O) groups excluding carboxylic acids is 2. The van der Waals surface area contributed by atoms with Crippen LogP contribution in [0.4, 0.5) is 0 Å². The van der Waals surface area contributed by atoms with Crippen molar-refractivity contribution in [2.75, 3.05) is 7.11 Å². The Kier molecular flexibility index (Phi) is 8.67. The smallest absolute Gasteiger partial charge is 0.874 e. The second-order valence-electron chi connectivity index (χ2n) is 11.8. The van der Waals surface area contributed by atoms with E-state index in [1.54, 1.807) is 6.08 Å². The number of methoxy groups -OCH3 is 1. The number of rotatable bonds is 5. The van der Waals surface area contributed by atoms with Crippen LogP contribution in [0.15, 0.2) is 120 Å². The molecular formula is C35H34MgN4O5. The summed E-state index contributed by atoms with van der Waals surface area (Å²) in [7, 11) is 1.25. The molecule has 0 saturated carbocycles. The van der Waals surface area contributed by atoms with E-state index in [1.807, 2.05) is 45.9 Å². The Morgan fingerprint density at radius 3 is 2.49 bits per heavy atom. The maximum Gasteiger partial charge on any atom is 2.00 e. The average molecular weight is 615 g/mol. The molecule has 1 N–H and O–H groups in total. The number of allylic oxidation sites excluding steroid dienone is 12. The van der Waals surface area contributed by atoms with Gasteiger partial charge in [0.15, 0.2) is 0 Å². The van der Waals surface area contributed by atoms with Gasteiger partial charge in [-0.25, -0.2) is 9.98 Å². The molecule has 6 aliphatic rings. The van der Waals surface area contributed by atoms with Crippen LogP contribution in [0.3, 0.4) is 0 Å². The van der Waals surface area contributed by atoms with Gasteiger partial charge >= 0.3 is 29.0 Å². The Morgan fingerprint density at radius 2 is 1.84 bits per heavy atom. The fourth-order valence-electron chi connectivity index (χ4n) is 7.04. The number of carboxylic acids is 1. The predicted molar refractivity (Wildman–Crippen MR) is 170 cm³/mol. The first-order valence-corrected chi connectivity index (χ1v) is 14.8. The second kappa shape index (κ2) is 12.1. The molecular weight excluding hydrogens is 581 g/mol. The van der Waals surface area contributed by atoms with Crippen molar-refractivity contribution in [2.24, 2.45) is 38.6 Å². The van der Waals surface area contributed by atoms with Crippen molar-refractivity contribution in [3.05, 3.63) is 105 Å². The molecule has 0 spiro atoms. The van der Waals surface area contributed by atoms with Gasteiger partial charge in [-0.2, -0.15) is 0 Å². The average Bonchev–Trinajstić information content (AvgIpc) is 3.72. The summed E-state index contributed by atoms with van der Waals surface area (Å²) in [5, 5.41) is 29.1. The van der Waals surface area contributed by atoms with E-state index in [-0.39, 0.29) is 47.7 Å². The van der Waals surface area contributed by atoms with Crippen LogP contribution >= 0.6 is 0 Å². The van der Waals surface area contributed by atoms with Crippen LogP contribution in [-0.2, 0) is 14.3 Å². The summed E-state index contributed by atoms with van der Waals surface area (Å²) < 4.78 is 5.11. The van der Waals surface area contributed by atoms with Crippen molar-refractivity contribution >= 4 is 52.1 Å². The zero-order valence-corrected chi connectivity index (χ0v) is 27.8. The minimum absolute atomic E-state index is 0. The summed E-state index contributed by atoms with van der Waals surface area (Å²) >= 11 is 0. The van der Waals surface area contributed by atoms with Crippen molar-refractivity contribution in [1.82, 2.24) is 5.32 Å². The van der Waals surface area contributed by atoms with Crippen molar-refractivity contribution in [3.8, 4) is 0 Å². The number of aliphatic imine (C=N–C) groups is 3. The maximum absolute atomic E-state index is 14.0. The van der Waals surface area contributed by atoms with Crippen LogP contribution in [0.1, 0.15) is 47.5 Å². The third-order valence-corrected chi connectivity index (χ3v) is 9.52. The Hall–Kier alpha value is -4.02. The van der Waals surface area contributed by atoms with Gasteiger partial charge in [0.05, 0.1) is 41.5 Å². The molecule has 0 aromatic rings. The Morgan fingerprint density at radius 1 is 1.11 bits per heavy atom. The first-order valence-electron chi connectivity index (χ1n) is 14.8. The molecule has 1 saturated heterocycles. The zero-order valence-electron chi connectivity index (χ0n) is 26.4. The molecule has 9 nitrogen and oxygen atoms in total. The number of nitrogens with one attached hydrogen (secondary N) is 1. The number of carbonyl (C=O) groups is 2. The van der Waals surface area contributed by atoms with Gasteiger partial charge in [0.25, 0.3) is 0 Å². The molecule has 6 rings (SSSR count). The Balaban J connectivity index is 0.00000400. The van der Waals surface area contributed by atoms with Crippen molar-refractivity contribution in [3.63, 3.8) is 0 Å². The van der Waals surface area contributed by atoms with Crippen molar-refractivity contribution in [2.45, 2.75) is 47.5 Å². The minimum atomic E-state index is -1.24. The fraction of sp³-hybridized carbons (Fsp3) is 0.343. The summed E-state index contributed by atoms with van der Waals surface area (Å²) in [6.07, 6.45) is 9.77. The van der Waals surface area contributed by atoms with Crippen LogP contribution in [0.2, 0.25) is 0 Å². The summed E-state index contributed by atoms with van der Waals surface area (Å²) in [5.74, 6) is -4.10. The molecule has 1 aliphatic carbocycles. The maximum atomic E-state index is 14.0. The number of nitrogens with zero attached hydrogens (tertiary/aromatic N) is 3. The molecule has 10 heteroatoms. The molecule has 1 fully saturated rings. The van der Waals surface area contributed by atoms with Crippen LogP contribution in [0.25, 0.3) is 0 Å². The van der Waals surface area contributed by atoms with Crippen LogP contribution in [-0.4, -0.2) is 59.2 Å². The summed E-state index contributed by atoms with van der Waals surface area (Å²) in [6.45, 7) is 13.9. The number of aliphatic carboxylic acids is 1. The van der Waals surface area contributed by atoms with Crippen LogP contribution in [0.5, 0.6) is 0 Å². The van der Waals surface area contributed by atoms with E-state index >= 15 is 0 Å². The van der Waals surface area contributed by atoms with Gasteiger partial charge in [-0.1, -0.05) is 32.6 Å². The Labute approximate surface area is 278 Å². The largest absolute Gasteiger partial charge is 2.00 e. The molecule has 4 atom stereocenters. The van der Waals surface area contributed by atoms with Crippen LogP contribution in [0, 0.1) is 23.7 Å². The van der Waals surface area contributed by atoms with Crippen LogP contribution < -0.4 is 15.5 Å². The standard InChI is InChI=1S/C35H36N4O5.Mg/c1-8-19-15(3)22-12-24-17(5)21(10-11-28(40)41)32(38-24)30-31(35(43)44-7)34(42)29-18(6)25(39-33(29)30)14-27-20(9-2)16(4)23(37-27)13-26(19)36-22;/h8-9,12-14,16-17,21,31,37,42H,1,10-11H2,2-7H3,(H,40,41);/q;+2/p-2/b20-9-,22-12?,23-13?,27-14?,32-30?;/t16-,17+,21+,31-;/m1./s1. The van der Waals surface area contributed by atoms with Gasteiger partial charge in [-0.3, -0.25) is 9.79 Å². The topological polar surface area (TPSA) is 139 Å². The minimum Gasteiger partial charge on any atom is -0.874 e. The molecule has 0 amide bonds. The van der Waals surface area contributed by atoms with Gasteiger partial charge in [0, 0.05) is 52.0 Å². The molecule has 0 aromatic carbocycles. The molecule has 45 heavy (non-hydrogen) atoms. The molecule has 5 heterocycles. The summed E-state index contributed by atoms with van der Waals surface area (Å²) in [6, 6.07) is 0. The number of hydrogen-bond donors (Lipinski definition) is 1. The molecule has 8 bridgehead atoms. The number of esters is 1. The molecule has 226 valence electrons. The zero-order chi connectivity index (χ0) is 31.6. The molecule has 0 aromatic heterocycles. The summed E-state index contributed by atoms with van der Waals surface area (Å²) in [4.78, 5) is 39.7. The molecule has 0 radical (unpaired) electrons. The van der Waals surface area contributed by atoms with Gasteiger partial charge in [0.2, 0.25) is 0 Å². The third kappa shape index (κ3) is 5.04. The first-order chi connectivity index (χ1) is 21.0. The number of ether oxygens (including phenoxy) is 1. The summed E-state index contributed by atoms with van der Waals surface area (Å²) in [5.41, 5.74) is 9.84. The van der Waals surface area contributed by atoms with E-state index in [0.29, 0.717) is 39.5 Å². The van der Waals surface area contributed by atoms with Gasteiger partial charge in [0.1, 0.15) is 0 Å². The predicted octanol–water partition coefficient (Wildman–Crippen LogP) is 3.05. The monoisotopic (exact) mass is 614 g/mol. The normalized spacial score (nSPS) is 27.6. The van der Waals surface area contributed by atoms with E-state index in [1.165, 1.54) is 7.11 Å². The van der Waals surface area contributed by atoms with E-state index in [4.69, 9.17) is 19.7 Å². The fourth-order valence-corrected chi connectivity index (χ4v) is 7.04. The van der Waals surface area contributed by atoms with Crippen molar-refractivity contribution in [1.29, 1.82) is 0 Å². The van der Waals surface area contributed by atoms with Gasteiger partial charge < -0.3 is 25.1 Å². The quantitative estimate of drug-likeness (QED) is 0.373. The first kappa shape index (κ1) is 32.4. The number of fused-ring (bicyclic) bond motifs is 5. The second-order valence-corrected chi connectivity index (χ2v) is 11.8. The number of carboxylic acid groups (broad SMARTS) is 1. The molecule has 0 unspecified atom stereocenters. The van der Waals surface area contributed by atoms with E-state index in [2.05, 4.69) is 24.9 Å². The SMILES string of the molecule is C=CC1=C(C)C2=CC3=NC(=C4C5=NC(=C(C)C5=C([O-])[C@@H]4C(=O)OC)C=C4NC(=CC1=N2)[C@H](C)/C4=C/C)[C@@H](CCC(=O)[O-])[C@@H]3C.[Mg+2]. The molecule has 5 aliphatic heterocycles. The Bertz CT molecular complexity index is 1810. The number of hydrogen-bond acceptors (Lipinski definition) is 9. The van der Waals surface area contributed by atoms with Gasteiger partial charge in [-0.05, 0) is 74.1 Å². The van der Waals surface area contributed by atoms with Crippen molar-refractivity contribution < 1.29 is 24.5 Å². The van der Waals surface area contributed by atoms with Gasteiger partial charge in [-0.15, -0.1) is 5.76 Å².